The summed E-state index contributed by atoms with van der Waals surface area (Å²) in [6.45, 7) is 0. The maximum absolute atomic E-state index is 12.2. The number of hydrogen-bond acceptors (Lipinski definition) is 7. The molecular formula is C17H15N3O3S. The number of benzene rings is 1. The Morgan fingerprint density at radius 3 is 2.88 bits per heavy atom. The molecule has 3 heterocycles. The van der Waals surface area contributed by atoms with E-state index in [0.717, 1.165) is 5.56 Å². The summed E-state index contributed by atoms with van der Waals surface area (Å²) in [7, 11) is 1.37. The van der Waals surface area contributed by atoms with Crippen molar-refractivity contribution in [1.29, 1.82) is 0 Å². The lowest BCUT2D eigenvalue weighted by Gasteiger charge is -2.30. The molecule has 0 saturated carbocycles. The average Bonchev–Trinajstić information content (AvgIpc) is 3.20. The third-order valence-corrected chi connectivity index (χ3v) is 5.23. The third kappa shape index (κ3) is 2.32. The zero-order chi connectivity index (χ0) is 16.7. The van der Waals surface area contributed by atoms with E-state index in [0.29, 0.717) is 17.4 Å². The van der Waals surface area contributed by atoms with Crippen LogP contribution in [0.15, 0.2) is 42.5 Å². The van der Waals surface area contributed by atoms with Crippen LogP contribution in [0, 0.1) is 5.92 Å². The highest BCUT2D eigenvalue weighted by atomic mass is 32.1. The summed E-state index contributed by atoms with van der Waals surface area (Å²) in [5, 5.41) is 0.660. The minimum absolute atomic E-state index is 0.00545. The van der Waals surface area contributed by atoms with Crippen LogP contribution in [0.5, 0.6) is 0 Å². The largest absolute Gasteiger partial charge is 0.469 e. The van der Waals surface area contributed by atoms with Crippen molar-refractivity contribution < 1.29 is 14.3 Å². The zero-order valence-corrected chi connectivity index (χ0v) is 13.8. The number of aromatic nitrogens is 2. The van der Waals surface area contributed by atoms with Gasteiger partial charge < -0.3 is 9.64 Å². The first-order valence-electron chi connectivity index (χ1n) is 7.66. The van der Waals surface area contributed by atoms with Gasteiger partial charge in [0.15, 0.2) is 11.6 Å². The van der Waals surface area contributed by atoms with Crippen molar-refractivity contribution >= 4 is 28.4 Å². The molecule has 7 heteroatoms. The predicted molar refractivity (Wildman–Crippen MR) is 89.7 cm³/mol. The van der Waals surface area contributed by atoms with Crippen LogP contribution >= 0.6 is 11.5 Å². The number of ether oxygens (including phenoxy) is 1. The maximum atomic E-state index is 12.2. The zero-order valence-electron chi connectivity index (χ0n) is 13.0. The first-order valence-corrected chi connectivity index (χ1v) is 8.43. The van der Waals surface area contributed by atoms with Crippen molar-refractivity contribution in [2.45, 2.75) is 18.5 Å². The molecule has 1 aromatic heterocycles. The Morgan fingerprint density at radius 1 is 1.33 bits per heavy atom. The Hall–Kier alpha value is -2.54. The first-order chi connectivity index (χ1) is 11.7. The highest BCUT2D eigenvalue weighted by Crippen LogP contribution is 2.40. The van der Waals surface area contributed by atoms with Crippen LogP contribution in [0.3, 0.4) is 0 Å². The Morgan fingerprint density at radius 2 is 2.12 bits per heavy atom. The fraction of sp³-hybridized carbons (Fsp3) is 0.294. The fourth-order valence-corrected chi connectivity index (χ4v) is 4.14. The number of carbonyl (C=O) groups excluding carboxylic acids is 2. The fourth-order valence-electron chi connectivity index (χ4n) is 3.35. The Labute approximate surface area is 142 Å². The van der Waals surface area contributed by atoms with Crippen LogP contribution < -0.4 is 4.90 Å². The molecule has 6 nitrogen and oxygen atoms in total. The summed E-state index contributed by atoms with van der Waals surface area (Å²) in [6, 6.07) is 9.10. The SMILES string of the molecule is COC(=O)[C@@H]1CC2C(=O)C=CC1N2c1nc(-c2ccccc2)ns1. The third-order valence-electron chi connectivity index (χ3n) is 4.50. The summed E-state index contributed by atoms with van der Waals surface area (Å²) >= 11 is 1.25. The second-order valence-electron chi connectivity index (χ2n) is 5.81. The predicted octanol–water partition coefficient (Wildman–Crippen LogP) is 2.08. The number of esters is 1. The quantitative estimate of drug-likeness (QED) is 0.796. The molecule has 0 spiro atoms. The van der Waals surface area contributed by atoms with Crippen molar-refractivity contribution in [1.82, 2.24) is 9.36 Å². The van der Waals surface area contributed by atoms with Gasteiger partial charge in [-0.05, 0) is 12.5 Å². The lowest BCUT2D eigenvalue weighted by atomic mass is 10.0. The van der Waals surface area contributed by atoms with Crippen LogP contribution in [-0.2, 0) is 14.3 Å². The molecule has 0 aliphatic carbocycles. The Balaban J connectivity index is 1.69. The van der Waals surface area contributed by atoms with E-state index in [1.165, 1.54) is 18.6 Å². The van der Waals surface area contributed by atoms with Crippen molar-refractivity contribution in [2.75, 3.05) is 12.0 Å². The van der Waals surface area contributed by atoms with Crippen molar-refractivity contribution in [2.24, 2.45) is 5.92 Å². The second kappa shape index (κ2) is 5.83. The molecule has 0 radical (unpaired) electrons. The number of ketones is 1. The van der Waals surface area contributed by atoms with Crippen molar-refractivity contribution in [3.05, 3.63) is 42.5 Å². The molecule has 2 aliphatic heterocycles. The van der Waals surface area contributed by atoms with Crippen LogP contribution in [0.2, 0.25) is 0 Å². The number of rotatable bonds is 3. The first kappa shape index (κ1) is 15.0. The minimum Gasteiger partial charge on any atom is -0.469 e. The number of nitrogens with zero attached hydrogens (tertiary/aromatic N) is 3. The Kier molecular flexibility index (Phi) is 3.65. The summed E-state index contributed by atoms with van der Waals surface area (Å²) in [5.74, 6) is -0.0212. The standard InChI is InChI=1S/C17H15N3O3S/c1-23-16(22)11-9-13-14(21)8-7-12(11)20(13)17-18-15(19-24-17)10-5-3-2-4-6-10/h2-8,11-13H,9H2,1H3/t11-,12?,13?/m1/s1. The van der Waals surface area contributed by atoms with Gasteiger partial charge in [0, 0.05) is 17.1 Å². The molecule has 122 valence electrons. The summed E-state index contributed by atoms with van der Waals surface area (Å²) in [4.78, 5) is 30.8. The molecule has 2 aromatic rings. The summed E-state index contributed by atoms with van der Waals surface area (Å²) in [6.07, 6.45) is 3.79. The topological polar surface area (TPSA) is 72.4 Å². The van der Waals surface area contributed by atoms with Gasteiger partial charge >= 0.3 is 5.97 Å². The van der Waals surface area contributed by atoms with Gasteiger partial charge in [-0.25, -0.2) is 0 Å². The number of anilines is 1. The van der Waals surface area contributed by atoms with Gasteiger partial charge in [-0.15, -0.1) is 0 Å². The van der Waals surface area contributed by atoms with E-state index < -0.39 is 0 Å². The molecule has 1 saturated heterocycles. The van der Waals surface area contributed by atoms with E-state index in [1.54, 1.807) is 12.2 Å². The number of hydrogen-bond donors (Lipinski definition) is 0. The molecule has 1 aromatic carbocycles. The second-order valence-corrected chi connectivity index (χ2v) is 6.54. The van der Waals surface area contributed by atoms with Gasteiger partial charge in [-0.1, -0.05) is 36.4 Å². The van der Waals surface area contributed by atoms with E-state index in [-0.39, 0.29) is 29.8 Å². The molecule has 2 bridgehead atoms. The van der Waals surface area contributed by atoms with Gasteiger partial charge in [-0.2, -0.15) is 9.36 Å². The molecule has 2 aliphatic rings. The number of fused-ring (bicyclic) bond motifs is 2. The number of methoxy groups -OCH3 is 1. The molecule has 2 unspecified atom stereocenters. The van der Waals surface area contributed by atoms with Gasteiger partial charge in [0.05, 0.1) is 25.1 Å². The molecule has 4 rings (SSSR count). The Bertz CT molecular complexity index is 817. The molecule has 1 fully saturated rings. The molecule has 0 N–H and O–H groups in total. The highest BCUT2D eigenvalue weighted by Gasteiger charge is 2.49. The van der Waals surface area contributed by atoms with E-state index >= 15 is 0 Å². The van der Waals surface area contributed by atoms with E-state index in [4.69, 9.17) is 4.74 Å². The minimum atomic E-state index is -0.374. The van der Waals surface area contributed by atoms with Crippen molar-refractivity contribution in [3.63, 3.8) is 0 Å². The van der Waals surface area contributed by atoms with Gasteiger partial charge in [0.2, 0.25) is 5.13 Å². The van der Waals surface area contributed by atoms with Crippen LogP contribution in [0.25, 0.3) is 11.4 Å². The molecule has 24 heavy (non-hydrogen) atoms. The summed E-state index contributed by atoms with van der Waals surface area (Å²) < 4.78 is 9.30. The van der Waals surface area contributed by atoms with Crippen LogP contribution in [-0.4, -0.2) is 40.3 Å². The smallest absolute Gasteiger partial charge is 0.311 e. The molecule has 0 amide bonds. The highest BCUT2D eigenvalue weighted by molar-refractivity contribution is 7.10. The molecular weight excluding hydrogens is 326 g/mol. The number of carbonyl (C=O) groups is 2. The summed E-state index contributed by atoms with van der Waals surface area (Å²) in [5.41, 5.74) is 0.927. The lowest BCUT2D eigenvalue weighted by molar-refractivity contribution is -0.145. The van der Waals surface area contributed by atoms with E-state index in [9.17, 15) is 9.59 Å². The van der Waals surface area contributed by atoms with Crippen molar-refractivity contribution in [3.8, 4) is 11.4 Å². The van der Waals surface area contributed by atoms with Gasteiger partial charge in [0.1, 0.15) is 0 Å². The van der Waals surface area contributed by atoms with Gasteiger partial charge in [-0.3, -0.25) is 9.59 Å². The van der Waals surface area contributed by atoms with Gasteiger partial charge in [0.25, 0.3) is 0 Å². The van der Waals surface area contributed by atoms with Crippen LogP contribution in [0.4, 0.5) is 5.13 Å². The van der Waals surface area contributed by atoms with Crippen LogP contribution in [0.1, 0.15) is 6.42 Å². The molecule has 3 atom stereocenters. The normalized spacial score (nSPS) is 25.1. The van der Waals surface area contributed by atoms with E-state index in [2.05, 4.69) is 9.36 Å². The monoisotopic (exact) mass is 341 g/mol. The maximum Gasteiger partial charge on any atom is 0.311 e. The van der Waals surface area contributed by atoms with E-state index in [1.807, 2.05) is 35.2 Å². The lowest BCUT2D eigenvalue weighted by Crippen LogP contribution is -2.44. The average molecular weight is 341 g/mol.